The summed E-state index contributed by atoms with van der Waals surface area (Å²) in [6.07, 6.45) is -11.5. The predicted octanol–water partition coefficient (Wildman–Crippen LogP) is 4.07. The first-order valence-electron chi connectivity index (χ1n) is 4.68. The molecule has 0 aliphatic carbocycles. The van der Waals surface area contributed by atoms with E-state index in [-0.39, 0.29) is 10.3 Å². The number of alkyl halides is 6. The van der Waals surface area contributed by atoms with Crippen LogP contribution in [-0.4, -0.2) is 23.2 Å². The van der Waals surface area contributed by atoms with Crippen molar-refractivity contribution in [2.45, 2.75) is 12.4 Å². The molecule has 112 valence electrons. The Hall–Kier alpha value is -1.22. The number of carbonyl (C=O) groups is 1. The van der Waals surface area contributed by atoms with Gasteiger partial charge in [-0.1, -0.05) is 23.2 Å². The number of hydrogen-bond acceptors (Lipinski definition) is 2. The SMILES string of the molecule is O=C(Nc1cc(Cl)nc(Cl)c1)C(C(F)(F)F)C(F)(F)F. The fourth-order valence-corrected chi connectivity index (χ4v) is 1.69. The Balaban J connectivity index is 3.03. The van der Waals surface area contributed by atoms with Crippen LogP contribution >= 0.6 is 23.2 Å². The van der Waals surface area contributed by atoms with E-state index in [9.17, 15) is 31.1 Å². The number of nitrogens with one attached hydrogen (secondary N) is 1. The summed E-state index contributed by atoms with van der Waals surface area (Å²) in [5, 5.41) is 0.844. The van der Waals surface area contributed by atoms with Crippen molar-refractivity contribution in [2.24, 2.45) is 5.92 Å². The molecule has 0 saturated heterocycles. The summed E-state index contributed by atoms with van der Waals surface area (Å²) in [6.45, 7) is 0. The smallest absolute Gasteiger partial charge is 0.325 e. The van der Waals surface area contributed by atoms with E-state index >= 15 is 0 Å². The molecule has 0 aliphatic rings. The minimum absolute atomic E-state index is 0.302. The zero-order valence-corrected chi connectivity index (χ0v) is 10.6. The summed E-state index contributed by atoms with van der Waals surface area (Å²) >= 11 is 10.8. The van der Waals surface area contributed by atoms with E-state index < -0.39 is 29.9 Å². The Morgan fingerprint density at radius 1 is 1.05 bits per heavy atom. The molecule has 0 aliphatic heterocycles. The molecule has 3 nitrogen and oxygen atoms in total. The van der Waals surface area contributed by atoms with Gasteiger partial charge in [0, 0.05) is 5.69 Å². The van der Waals surface area contributed by atoms with Crippen LogP contribution in [0.4, 0.5) is 32.0 Å². The van der Waals surface area contributed by atoms with Crippen molar-refractivity contribution < 1.29 is 31.1 Å². The molecule has 1 aromatic rings. The first-order chi connectivity index (χ1) is 8.91. The van der Waals surface area contributed by atoms with Crippen LogP contribution in [-0.2, 0) is 4.79 Å². The molecule has 1 aromatic heterocycles. The third kappa shape index (κ3) is 4.41. The number of amides is 1. The molecule has 1 N–H and O–H groups in total. The zero-order chi connectivity index (χ0) is 15.7. The number of carbonyl (C=O) groups excluding carboxylic acids is 1. The van der Waals surface area contributed by atoms with E-state index in [0.717, 1.165) is 12.1 Å². The maximum Gasteiger partial charge on any atom is 0.409 e. The number of anilines is 1. The van der Waals surface area contributed by atoms with Gasteiger partial charge in [0.15, 0.2) is 0 Å². The Kier molecular flexibility index (Phi) is 4.75. The molecule has 0 unspecified atom stereocenters. The maximum absolute atomic E-state index is 12.3. The first kappa shape index (κ1) is 16.8. The first-order valence-corrected chi connectivity index (χ1v) is 5.44. The van der Waals surface area contributed by atoms with E-state index in [0.29, 0.717) is 0 Å². The minimum atomic E-state index is -5.77. The fraction of sp³-hybridized carbons (Fsp3) is 0.333. The molecular formula is C9H4Cl2F6N2O. The molecule has 1 rings (SSSR count). The average Bonchev–Trinajstić information content (AvgIpc) is 2.08. The molecule has 20 heavy (non-hydrogen) atoms. The van der Waals surface area contributed by atoms with Crippen LogP contribution < -0.4 is 5.32 Å². The van der Waals surface area contributed by atoms with Gasteiger partial charge >= 0.3 is 12.4 Å². The van der Waals surface area contributed by atoms with E-state index in [1.165, 1.54) is 5.32 Å². The van der Waals surface area contributed by atoms with Gasteiger partial charge in [0.05, 0.1) is 0 Å². The molecule has 0 atom stereocenters. The van der Waals surface area contributed by atoms with E-state index in [1.54, 1.807) is 0 Å². The number of halogens is 8. The van der Waals surface area contributed by atoms with E-state index in [2.05, 4.69) is 4.98 Å². The molecule has 0 fully saturated rings. The van der Waals surface area contributed by atoms with Gasteiger partial charge in [-0.2, -0.15) is 26.3 Å². The summed E-state index contributed by atoms with van der Waals surface area (Å²) in [7, 11) is 0. The molecule has 0 radical (unpaired) electrons. The van der Waals surface area contributed by atoms with Crippen molar-refractivity contribution in [2.75, 3.05) is 5.32 Å². The van der Waals surface area contributed by atoms with Crippen LogP contribution in [0.1, 0.15) is 0 Å². The van der Waals surface area contributed by atoms with Gasteiger partial charge in [0.2, 0.25) is 11.8 Å². The standard InChI is InChI=1S/C9H4Cl2F6N2O/c10-4-1-3(2-5(11)19-4)18-7(20)6(8(12,13)14)9(15,16)17/h1-2,6H,(H,18,19,20). The molecular weight excluding hydrogens is 337 g/mol. The highest BCUT2D eigenvalue weighted by Gasteiger charge is 2.61. The minimum Gasteiger partial charge on any atom is -0.325 e. The van der Waals surface area contributed by atoms with Crippen molar-refractivity contribution >= 4 is 34.8 Å². The van der Waals surface area contributed by atoms with Gasteiger partial charge in [-0.3, -0.25) is 4.79 Å². The predicted molar refractivity (Wildman–Crippen MR) is 58.5 cm³/mol. The lowest BCUT2D eigenvalue weighted by atomic mass is 10.1. The van der Waals surface area contributed by atoms with Gasteiger partial charge in [0.25, 0.3) is 0 Å². The molecule has 0 aromatic carbocycles. The second-order valence-corrected chi connectivity index (χ2v) is 4.28. The van der Waals surface area contributed by atoms with Crippen molar-refractivity contribution in [3.63, 3.8) is 0 Å². The van der Waals surface area contributed by atoms with Crippen molar-refractivity contribution in [1.82, 2.24) is 4.98 Å². The lowest BCUT2D eigenvalue weighted by Crippen LogP contribution is -2.45. The van der Waals surface area contributed by atoms with Crippen molar-refractivity contribution in [3.8, 4) is 0 Å². The number of pyridine rings is 1. The van der Waals surface area contributed by atoms with Gasteiger partial charge < -0.3 is 5.32 Å². The van der Waals surface area contributed by atoms with Gasteiger partial charge in [-0.25, -0.2) is 4.98 Å². The average molecular weight is 341 g/mol. The third-order valence-corrected chi connectivity index (χ3v) is 2.33. The highest BCUT2D eigenvalue weighted by Crippen LogP contribution is 2.40. The largest absolute Gasteiger partial charge is 0.409 e. The highest BCUT2D eigenvalue weighted by molar-refractivity contribution is 6.33. The van der Waals surface area contributed by atoms with E-state index in [4.69, 9.17) is 23.2 Å². The number of nitrogens with zero attached hydrogens (tertiary/aromatic N) is 1. The normalized spacial score (nSPS) is 12.7. The topological polar surface area (TPSA) is 42.0 Å². The third-order valence-electron chi connectivity index (χ3n) is 1.95. The lowest BCUT2D eigenvalue weighted by Gasteiger charge is -2.22. The molecule has 11 heteroatoms. The Bertz CT molecular complexity index is 482. The van der Waals surface area contributed by atoms with Crippen LogP contribution in [0.25, 0.3) is 0 Å². The molecule has 1 amide bonds. The summed E-state index contributed by atoms with van der Waals surface area (Å²) in [6, 6.07) is 1.71. The highest BCUT2D eigenvalue weighted by atomic mass is 35.5. The molecule has 0 saturated carbocycles. The van der Waals surface area contributed by atoms with Crippen molar-refractivity contribution in [1.29, 1.82) is 0 Å². The second kappa shape index (κ2) is 5.65. The summed E-state index contributed by atoms with van der Waals surface area (Å²) in [5.41, 5.74) is -0.432. The number of hydrogen-bond donors (Lipinski definition) is 1. The monoisotopic (exact) mass is 340 g/mol. The van der Waals surface area contributed by atoms with Crippen LogP contribution in [0.2, 0.25) is 10.3 Å². The van der Waals surface area contributed by atoms with Crippen LogP contribution in [0.3, 0.4) is 0 Å². The number of aromatic nitrogens is 1. The second-order valence-electron chi connectivity index (χ2n) is 3.51. The summed E-state index contributed by atoms with van der Waals surface area (Å²) in [5.74, 6) is -6.44. The Morgan fingerprint density at radius 2 is 1.45 bits per heavy atom. The van der Waals surface area contributed by atoms with Crippen molar-refractivity contribution in [3.05, 3.63) is 22.4 Å². The number of rotatable bonds is 2. The fourth-order valence-electron chi connectivity index (χ4n) is 1.23. The molecule has 0 bridgehead atoms. The summed E-state index contributed by atoms with van der Waals surface area (Å²) in [4.78, 5) is 14.6. The Labute approximate surface area is 117 Å². The zero-order valence-electron chi connectivity index (χ0n) is 9.11. The molecule has 0 spiro atoms. The van der Waals surface area contributed by atoms with Crippen LogP contribution in [0, 0.1) is 5.92 Å². The maximum atomic E-state index is 12.3. The van der Waals surface area contributed by atoms with Crippen LogP contribution in [0.15, 0.2) is 12.1 Å². The van der Waals surface area contributed by atoms with Crippen LogP contribution in [0.5, 0.6) is 0 Å². The summed E-state index contributed by atoms with van der Waals surface area (Å²) < 4.78 is 73.7. The van der Waals surface area contributed by atoms with Gasteiger partial charge in [-0.15, -0.1) is 0 Å². The lowest BCUT2D eigenvalue weighted by molar-refractivity contribution is -0.272. The quantitative estimate of drug-likeness (QED) is 0.651. The van der Waals surface area contributed by atoms with Gasteiger partial charge in [0.1, 0.15) is 10.3 Å². The van der Waals surface area contributed by atoms with E-state index in [1.807, 2.05) is 0 Å². The molecule has 1 heterocycles. The van der Waals surface area contributed by atoms with Gasteiger partial charge in [-0.05, 0) is 12.1 Å². The Morgan fingerprint density at radius 3 is 1.80 bits per heavy atom.